The molecule has 1 amide bonds. The number of carbonyl (C=O) groups is 2. The van der Waals surface area contributed by atoms with E-state index in [1.807, 2.05) is 5.32 Å². The molecule has 2 atom stereocenters. The summed E-state index contributed by atoms with van der Waals surface area (Å²) in [6.45, 7) is 1.24. The maximum atomic E-state index is 14.8. The number of fused-ring (bicyclic) bond motifs is 1. The Morgan fingerprint density at radius 1 is 1.07 bits per heavy atom. The standard InChI is InChI=1S/C30H27F5N4O5/c1-4-24(30(33,34)35)37-16-12-20(31)26(21(32)13-16)27(40)38-22(29(42)43)11-15-9-10-19(18-8-6-5-7-17(15)18)25-23(44-3)14-36-39(2)28(25)41/h5-10,12-14,22,24,37H,4,11H2,1-3H3,(H,38,40)(H,42,43)/t22-,24+/m0/s1. The largest absolute Gasteiger partial charge is 0.494 e. The molecule has 4 aromatic rings. The molecule has 9 nitrogen and oxygen atoms in total. The van der Waals surface area contributed by atoms with Gasteiger partial charge in [0.15, 0.2) is 5.75 Å². The van der Waals surface area contributed by atoms with Crippen LogP contribution in [0.3, 0.4) is 0 Å². The number of carboxylic acid groups (broad SMARTS) is 1. The molecule has 0 bridgehead atoms. The van der Waals surface area contributed by atoms with Gasteiger partial charge in [-0.15, -0.1) is 0 Å². The van der Waals surface area contributed by atoms with E-state index in [0.717, 1.165) is 4.68 Å². The summed E-state index contributed by atoms with van der Waals surface area (Å²) in [5.74, 6) is -5.66. The number of rotatable bonds is 10. The molecule has 3 aromatic carbocycles. The van der Waals surface area contributed by atoms with E-state index in [9.17, 15) is 41.4 Å². The predicted octanol–water partition coefficient (Wildman–Crippen LogP) is 5.07. The van der Waals surface area contributed by atoms with Gasteiger partial charge in [-0.05, 0) is 40.5 Å². The van der Waals surface area contributed by atoms with Gasteiger partial charge in [0, 0.05) is 19.2 Å². The van der Waals surface area contributed by atoms with E-state index in [2.05, 4.69) is 10.4 Å². The average molecular weight is 619 g/mol. The van der Waals surface area contributed by atoms with Crippen molar-refractivity contribution in [3.63, 3.8) is 0 Å². The lowest BCUT2D eigenvalue weighted by Crippen LogP contribution is -2.43. The number of nitrogens with one attached hydrogen (secondary N) is 2. The van der Waals surface area contributed by atoms with E-state index < -0.39 is 65.0 Å². The molecule has 1 heterocycles. The van der Waals surface area contributed by atoms with Crippen molar-refractivity contribution in [2.24, 2.45) is 7.05 Å². The third-order valence-corrected chi connectivity index (χ3v) is 7.05. The molecule has 0 spiro atoms. The number of aryl methyl sites for hydroxylation is 1. The van der Waals surface area contributed by atoms with E-state index in [1.54, 1.807) is 36.4 Å². The molecule has 0 saturated heterocycles. The third-order valence-electron chi connectivity index (χ3n) is 7.05. The number of aromatic nitrogens is 2. The number of benzene rings is 3. The minimum atomic E-state index is -4.69. The van der Waals surface area contributed by atoms with Crippen LogP contribution in [0, 0.1) is 11.6 Å². The number of aliphatic carboxylic acids is 1. The number of nitrogens with zero attached hydrogens (tertiary/aromatic N) is 2. The van der Waals surface area contributed by atoms with Crippen LogP contribution in [0.1, 0.15) is 29.3 Å². The molecule has 0 aliphatic rings. The van der Waals surface area contributed by atoms with Crippen molar-refractivity contribution >= 4 is 28.3 Å². The zero-order valence-electron chi connectivity index (χ0n) is 23.6. The molecule has 44 heavy (non-hydrogen) atoms. The summed E-state index contributed by atoms with van der Waals surface area (Å²) >= 11 is 0. The molecule has 0 saturated carbocycles. The van der Waals surface area contributed by atoms with Crippen LogP contribution < -0.4 is 20.9 Å². The van der Waals surface area contributed by atoms with E-state index in [4.69, 9.17) is 4.74 Å². The van der Waals surface area contributed by atoms with Crippen LogP contribution in [0.15, 0.2) is 59.5 Å². The topological polar surface area (TPSA) is 123 Å². The van der Waals surface area contributed by atoms with Crippen LogP contribution in [-0.2, 0) is 18.3 Å². The predicted molar refractivity (Wildman–Crippen MR) is 152 cm³/mol. The lowest BCUT2D eigenvalue weighted by Gasteiger charge is -2.22. The summed E-state index contributed by atoms with van der Waals surface area (Å²) < 4.78 is 75.4. The minimum absolute atomic E-state index is 0.218. The summed E-state index contributed by atoms with van der Waals surface area (Å²) in [5.41, 5.74) is -0.994. The van der Waals surface area contributed by atoms with Gasteiger partial charge in [-0.1, -0.05) is 43.3 Å². The van der Waals surface area contributed by atoms with Gasteiger partial charge < -0.3 is 20.5 Å². The summed E-state index contributed by atoms with van der Waals surface area (Å²) in [7, 11) is 2.86. The number of anilines is 1. The molecular weight excluding hydrogens is 591 g/mol. The highest BCUT2D eigenvalue weighted by Crippen LogP contribution is 2.34. The summed E-state index contributed by atoms with van der Waals surface area (Å²) in [6, 6.07) is 7.27. The van der Waals surface area contributed by atoms with Crippen LogP contribution in [0.4, 0.5) is 27.6 Å². The first kappa shape index (κ1) is 31.9. The van der Waals surface area contributed by atoms with Crippen molar-refractivity contribution in [3.8, 4) is 16.9 Å². The highest BCUT2D eigenvalue weighted by atomic mass is 19.4. The van der Waals surface area contributed by atoms with E-state index in [0.29, 0.717) is 34.0 Å². The van der Waals surface area contributed by atoms with Gasteiger partial charge >= 0.3 is 12.1 Å². The van der Waals surface area contributed by atoms with Crippen molar-refractivity contribution in [2.45, 2.75) is 38.0 Å². The number of ether oxygens (including phenoxy) is 1. The Kier molecular flexibility index (Phi) is 9.21. The van der Waals surface area contributed by atoms with Crippen LogP contribution in [-0.4, -0.2) is 52.1 Å². The molecule has 0 radical (unpaired) electrons. The zero-order valence-corrected chi connectivity index (χ0v) is 23.6. The van der Waals surface area contributed by atoms with Gasteiger partial charge in [-0.3, -0.25) is 9.59 Å². The Morgan fingerprint density at radius 3 is 2.27 bits per heavy atom. The van der Waals surface area contributed by atoms with Crippen LogP contribution >= 0.6 is 0 Å². The molecule has 0 aliphatic carbocycles. The van der Waals surface area contributed by atoms with Crippen molar-refractivity contribution in [3.05, 3.63) is 87.8 Å². The van der Waals surface area contributed by atoms with Crippen molar-refractivity contribution in [1.29, 1.82) is 0 Å². The number of hydrogen-bond acceptors (Lipinski definition) is 6. The highest BCUT2D eigenvalue weighted by molar-refractivity contribution is 6.00. The number of methoxy groups -OCH3 is 1. The highest BCUT2D eigenvalue weighted by Gasteiger charge is 2.38. The molecule has 14 heteroatoms. The van der Waals surface area contributed by atoms with E-state index in [1.165, 1.54) is 27.3 Å². The first-order valence-electron chi connectivity index (χ1n) is 13.2. The number of alkyl halides is 3. The number of carbonyl (C=O) groups excluding carboxylic acids is 1. The summed E-state index contributed by atoms with van der Waals surface area (Å²) in [4.78, 5) is 38.0. The molecular formula is C30H27F5N4O5. The van der Waals surface area contributed by atoms with Gasteiger partial charge in [-0.25, -0.2) is 18.3 Å². The Morgan fingerprint density at radius 2 is 1.70 bits per heavy atom. The quantitative estimate of drug-likeness (QED) is 0.212. The third kappa shape index (κ3) is 6.48. The Labute approximate surface area is 247 Å². The Balaban J connectivity index is 1.66. The van der Waals surface area contributed by atoms with E-state index >= 15 is 0 Å². The molecule has 232 valence electrons. The SMILES string of the molecule is CC[C@@H](Nc1cc(F)c(C(=O)N[C@@H](Cc2ccc(-c3c(OC)cnn(C)c3=O)c3ccccc23)C(=O)O)c(F)c1)C(F)(F)F. The second-order valence-corrected chi connectivity index (χ2v) is 9.86. The molecule has 0 aliphatic heterocycles. The van der Waals surface area contributed by atoms with Gasteiger partial charge in [0.05, 0.1) is 18.9 Å². The molecule has 3 N–H and O–H groups in total. The fourth-order valence-electron chi connectivity index (χ4n) is 4.82. The smallest absolute Gasteiger partial charge is 0.408 e. The molecule has 0 unspecified atom stereocenters. The first-order chi connectivity index (χ1) is 20.8. The Bertz CT molecular complexity index is 1770. The Hall–Kier alpha value is -5.01. The normalized spacial score (nSPS) is 12.9. The number of halogens is 5. The first-order valence-corrected chi connectivity index (χ1v) is 13.2. The number of carboxylic acids is 1. The van der Waals surface area contributed by atoms with Crippen LogP contribution in [0.25, 0.3) is 21.9 Å². The van der Waals surface area contributed by atoms with Crippen LogP contribution in [0.5, 0.6) is 5.75 Å². The minimum Gasteiger partial charge on any atom is -0.494 e. The van der Waals surface area contributed by atoms with Gasteiger partial charge in [0.25, 0.3) is 11.5 Å². The fourth-order valence-corrected chi connectivity index (χ4v) is 4.82. The van der Waals surface area contributed by atoms with E-state index in [-0.39, 0.29) is 17.7 Å². The summed E-state index contributed by atoms with van der Waals surface area (Å²) in [6.07, 6.45) is -4.04. The van der Waals surface area contributed by atoms with Gasteiger partial charge in [0.1, 0.15) is 29.3 Å². The second-order valence-electron chi connectivity index (χ2n) is 9.86. The molecule has 4 rings (SSSR count). The van der Waals surface area contributed by atoms with Crippen LogP contribution in [0.2, 0.25) is 0 Å². The van der Waals surface area contributed by atoms with Crippen molar-refractivity contribution in [2.75, 3.05) is 12.4 Å². The fraction of sp³-hybridized carbons (Fsp3) is 0.267. The molecule has 0 fully saturated rings. The maximum Gasteiger partial charge on any atom is 0.408 e. The lowest BCUT2D eigenvalue weighted by molar-refractivity contribution is -0.143. The van der Waals surface area contributed by atoms with Gasteiger partial charge in [-0.2, -0.15) is 18.3 Å². The van der Waals surface area contributed by atoms with Crippen molar-refractivity contribution < 1.29 is 41.4 Å². The maximum absolute atomic E-state index is 14.8. The zero-order chi connectivity index (χ0) is 32.3. The number of amides is 1. The molecule has 1 aromatic heterocycles. The summed E-state index contributed by atoms with van der Waals surface area (Å²) in [5, 5.41) is 19.0. The van der Waals surface area contributed by atoms with Crippen molar-refractivity contribution in [1.82, 2.24) is 15.1 Å². The monoisotopic (exact) mass is 618 g/mol. The lowest BCUT2D eigenvalue weighted by atomic mass is 9.92. The average Bonchev–Trinajstić information content (AvgIpc) is 2.96. The number of hydrogen-bond donors (Lipinski definition) is 3. The van der Waals surface area contributed by atoms with Gasteiger partial charge in [0.2, 0.25) is 0 Å². The second kappa shape index (κ2) is 12.7.